The highest BCUT2D eigenvalue weighted by Crippen LogP contribution is 2.26. The zero-order chi connectivity index (χ0) is 13.9. The summed E-state index contributed by atoms with van der Waals surface area (Å²) in [6.07, 6.45) is 4.18. The van der Waals surface area contributed by atoms with Gasteiger partial charge < -0.3 is 5.73 Å². The monoisotopic (exact) mass is 282 g/mol. The fraction of sp³-hybridized carbons (Fsp3) is 0.571. The Hall–Kier alpha value is -0.910. The van der Waals surface area contributed by atoms with Crippen molar-refractivity contribution in [2.24, 2.45) is 11.7 Å². The van der Waals surface area contributed by atoms with Crippen molar-refractivity contribution in [2.45, 2.75) is 44.0 Å². The molecule has 0 spiro atoms. The molecule has 0 unspecified atom stereocenters. The van der Waals surface area contributed by atoms with Crippen molar-refractivity contribution in [3.05, 3.63) is 29.3 Å². The van der Waals surface area contributed by atoms with Crippen LogP contribution in [0, 0.1) is 5.92 Å². The van der Waals surface area contributed by atoms with Crippen LogP contribution in [0.2, 0.25) is 0 Å². The quantitative estimate of drug-likeness (QED) is 0.835. The van der Waals surface area contributed by atoms with Crippen molar-refractivity contribution in [1.82, 2.24) is 4.72 Å². The topological polar surface area (TPSA) is 72.2 Å². The standard InChI is InChI=1S/C14H22N2O2S/c1-2-13-7-6-12(9-15)8-14(13)19(17,18)16-10-11-4-3-5-11/h6-8,11,16H,2-5,9-10,15H2,1H3. The van der Waals surface area contributed by atoms with Gasteiger partial charge in [-0.25, -0.2) is 13.1 Å². The van der Waals surface area contributed by atoms with Gasteiger partial charge in [0.2, 0.25) is 10.0 Å². The van der Waals surface area contributed by atoms with Crippen molar-refractivity contribution >= 4 is 10.0 Å². The van der Waals surface area contributed by atoms with Gasteiger partial charge in [-0.3, -0.25) is 0 Å². The van der Waals surface area contributed by atoms with E-state index in [1.807, 2.05) is 19.1 Å². The lowest BCUT2D eigenvalue weighted by Gasteiger charge is -2.25. The lowest BCUT2D eigenvalue weighted by molar-refractivity contribution is 0.316. The van der Waals surface area contributed by atoms with E-state index in [2.05, 4.69) is 4.72 Å². The Morgan fingerprint density at radius 1 is 1.37 bits per heavy atom. The van der Waals surface area contributed by atoms with Crippen molar-refractivity contribution in [2.75, 3.05) is 6.54 Å². The van der Waals surface area contributed by atoms with Crippen LogP contribution < -0.4 is 10.5 Å². The molecule has 0 atom stereocenters. The lowest BCUT2D eigenvalue weighted by atomic mass is 9.86. The Kier molecular flexibility index (Phi) is 4.60. The number of benzene rings is 1. The van der Waals surface area contributed by atoms with E-state index < -0.39 is 10.0 Å². The average molecular weight is 282 g/mol. The van der Waals surface area contributed by atoms with E-state index in [9.17, 15) is 8.42 Å². The van der Waals surface area contributed by atoms with E-state index in [0.29, 0.717) is 30.3 Å². The second kappa shape index (κ2) is 6.03. The van der Waals surface area contributed by atoms with E-state index in [4.69, 9.17) is 5.73 Å². The Labute approximate surface area is 115 Å². The van der Waals surface area contributed by atoms with E-state index in [-0.39, 0.29) is 0 Å². The van der Waals surface area contributed by atoms with Crippen molar-refractivity contribution in [3.63, 3.8) is 0 Å². The summed E-state index contributed by atoms with van der Waals surface area (Å²) in [5, 5.41) is 0. The largest absolute Gasteiger partial charge is 0.326 e. The van der Waals surface area contributed by atoms with Crippen LogP contribution in [0.3, 0.4) is 0 Å². The maximum Gasteiger partial charge on any atom is 0.240 e. The molecule has 19 heavy (non-hydrogen) atoms. The molecule has 0 amide bonds. The predicted octanol–water partition coefficient (Wildman–Crippen LogP) is 1.79. The van der Waals surface area contributed by atoms with Gasteiger partial charge in [-0.15, -0.1) is 0 Å². The second-order valence-corrected chi connectivity index (χ2v) is 6.88. The summed E-state index contributed by atoms with van der Waals surface area (Å²) in [7, 11) is -3.41. The third-order valence-corrected chi connectivity index (χ3v) is 5.33. The van der Waals surface area contributed by atoms with Crippen molar-refractivity contribution in [1.29, 1.82) is 0 Å². The molecule has 1 fully saturated rings. The number of nitrogens with two attached hydrogens (primary N) is 1. The normalized spacial score (nSPS) is 16.3. The van der Waals surface area contributed by atoms with E-state index in [1.54, 1.807) is 6.07 Å². The molecular weight excluding hydrogens is 260 g/mol. The maximum absolute atomic E-state index is 12.4. The molecule has 0 heterocycles. The molecule has 1 aliphatic carbocycles. The average Bonchev–Trinajstić information content (AvgIpc) is 2.36. The van der Waals surface area contributed by atoms with Gasteiger partial charge in [0.05, 0.1) is 4.90 Å². The van der Waals surface area contributed by atoms with Gasteiger partial charge in [0.1, 0.15) is 0 Å². The van der Waals surface area contributed by atoms with Crippen molar-refractivity contribution in [3.8, 4) is 0 Å². The first kappa shape index (κ1) is 14.5. The summed E-state index contributed by atoms with van der Waals surface area (Å²) in [6, 6.07) is 5.45. The van der Waals surface area contributed by atoms with Crippen LogP contribution in [0.1, 0.15) is 37.3 Å². The van der Waals surface area contributed by atoms with E-state index >= 15 is 0 Å². The molecule has 0 bridgehead atoms. The highest BCUT2D eigenvalue weighted by Gasteiger charge is 2.23. The van der Waals surface area contributed by atoms with Crippen molar-refractivity contribution < 1.29 is 8.42 Å². The summed E-state index contributed by atoms with van der Waals surface area (Å²) in [5.41, 5.74) is 7.29. The van der Waals surface area contributed by atoms with Crippen LogP contribution in [0.5, 0.6) is 0 Å². The summed E-state index contributed by atoms with van der Waals surface area (Å²) >= 11 is 0. The molecule has 0 aromatic heterocycles. The fourth-order valence-corrected chi connectivity index (χ4v) is 3.75. The third kappa shape index (κ3) is 3.35. The molecule has 106 valence electrons. The van der Waals surface area contributed by atoms with Crippen LogP contribution in [-0.2, 0) is 23.0 Å². The minimum absolute atomic E-state index is 0.356. The molecule has 0 saturated heterocycles. The van der Waals surface area contributed by atoms with Crippen LogP contribution in [0.4, 0.5) is 0 Å². The van der Waals surface area contributed by atoms with Crippen LogP contribution in [-0.4, -0.2) is 15.0 Å². The Morgan fingerprint density at radius 2 is 2.11 bits per heavy atom. The van der Waals surface area contributed by atoms with Gasteiger partial charge in [0, 0.05) is 13.1 Å². The van der Waals surface area contributed by atoms with Gasteiger partial charge in [0.15, 0.2) is 0 Å². The summed E-state index contributed by atoms with van der Waals surface area (Å²) in [5.74, 6) is 0.512. The summed E-state index contributed by atoms with van der Waals surface area (Å²) < 4.78 is 27.5. The molecule has 2 rings (SSSR count). The first-order chi connectivity index (χ1) is 9.06. The Bertz CT molecular complexity index is 536. The number of sulfonamides is 1. The number of aryl methyl sites for hydroxylation is 1. The molecule has 0 aliphatic heterocycles. The zero-order valence-corrected chi connectivity index (χ0v) is 12.2. The molecule has 1 aromatic carbocycles. The molecule has 3 N–H and O–H groups in total. The molecule has 1 saturated carbocycles. The fourth-order valence-electron chi connectivity index (χ4n) is 2.27. The number of rotatable bonds is 6. The minimum Gasteiger partial charge on any atom is -0.326 e. The first-order valence-corrected chi connectivity index (χ1v) is 8.36. The number of nitrogens with one attached hydrogen (secondary N) is 1. The minimum atomic E-state index is -3.41. The molecule has 1 aromatic rings. The van der Waals surface area contributed by atoms with Gasteiger partial charge in [-0.05, 0) is 42.4 Å². The highest BCUT2D eigenvalue weighted by molar-refractivity contribution is 7.89. The Balaban J connectivity index is 2.21. The molecule has 0 radical (unpaired) electrons. The van der Waals surface area contributed by atoms with Crippen LogP contribution >= 0.6 is 0 Å². The first-order valence-electron chi connectivity index (χ1n) is 6.88. The maximum atomic E-state index is 12.4. The molecule has 5 heteroatoms. The van der Waals surface area contributed by atoms with Gasteiger partial charge in [-0.1, -0.05) is 25.5 Å². The Morgan fingerprint density at radius 3 is 2.63 bits per heavy atom. The second-order valence-electron chi connectivity index (χ2n) is 5.15. The molecular formula is C14H22N2O2S. The third-order valence-electron chi connectivity index (χ3n) is 3.82. The van der Waals surface area contributed by atoms with Gasteiger partial charge in [-0.2, -0.15) is 0 Å². The zero-order valence-electron chi connectivity index (χ0n) is 11.4. The van der Waals surface area contributed by atoms with Crippen LogP contribution in [0.15, 0.2) is 23.1 Å². The SMILES string of the molecule is CCc1ccc(CN)cc1S(=O)(=O)NCC1CCC1. The van der Waals surface area contributed by atoms with Crippen LogP contribution in [0.25, 0.3) is 0 Å². The molecule has 4 nitrogen and oxygen atoms in total. The highest BCUT2D eigenvalue weighted by atomic mass is 32.2. The smallest absolute Gasteiger partial charge is 0.240 e. The molecule has 1 aliphatic rings. The van der Waals surface area contributed by atoms with Gasteiger partial charge in [0.25, 0.3) is 0 Å². The number of hydrogen-bond donors (Lipinski definition) is 2. The van der Waals surface area contributed by atoms with E-state index in [0.717, 1.165) is 24.0 Å². The summed E-state index contributed by atoms with van der Waals surface area (Å²) in [6.45, 7) is 2.87. The lowest BCUT2D eigenvalue weighted by Crippen LogP contribution is -2.32. The number of hydrogen-bond acceptors (Lipinski definition) is 3. The van der Waals surface area contributed by atoms with Gasteiger partial charge >= 0.3 is 0 Å². The summed E-state index contributed by atoms with van der Waals surface area (Å²) in [4.78, 5) is 0.386. The van der Waals surface area contributed by atoms with E-state index in [1.165, 1.54) is 6.42 Å². The predicted molar refractivity (Wildman–Crippen MR) is 76.2 cm³/mol.